The van der Waals surface area contributed by atoms with E-state index in [1.807, 2.05) is 4.90 Å². The zero-order valence-corrected chi connectivity index (χ0v) is 16.9. The molecule has 0 saturated carbocycles. The van der Waals surface area contributed by atoms with Crippen LogP contribution in [-0.4, -0.2) is 53.6 Å². The lowest BCUT2D eigenvalue weighted by Gasteiger charge is -2.23. The Morgan fingerprint density at radius 1 is 1.30 bits per heavy atom. The Labute approximate surface area is 171 Å². The zero-order valence-electron chi connectivity index (χ0n) is 16.9. The van der Waals surface area contributed by atoms with Crippen LogP contribution >= 0.6 is 0 Å². The van der Waals surface area contributed by atoms with Crippen LogP contribution in [0.4, 0.5) is 29.5 Å². The second kappa shape index (κ2) is 8.04. The first-order chi connectivity index (χ1) is 13.9. The van der Waals surface area contributed by atoms with Crippen molar-refractivity contribution in [1.29, 1.82) is 0 Å². The summed E-state index contributed by atoms with van der Waals surface area (Å²) in [5.74, 6) is 0.422. The molecule has 1 aromatic carbocycles. The van der Waals surface area contributed by atoms with Crippen molar-refractivity contribution >= 4 is 28.5 Å². The number of alkyl halides is 3. The maximum absolute atomic E-state index is 12.5. The fraction of sp³-hybridized carbons (Fsp3) is 0.526. The topological polar surface area (TPSA) is 103 Å². The third kappa shape index (κ3) is 5.77. The van der Waals surface area contributed by atoms with Gasteiger partial charge in [-0.15, -0.1) is 0 Å². The third-order valence-electron chi connectivity index (χ3n) is 4.25. The van der Waals surface area contributed by atoms with Crippen LogP contribution in [0, 0.1) is 0 Å². The number of aromatic nitrogens is 2. The number of nitrogens with two attached hydrogens (primary N) is 1. The van der Waals surface area contributed by atoms with Gasteiger partial charge in [0.2, 0.25) is 0 Å². The van der Waals surface area contributed by atoms with Crippen molar-refractivity contribution in [2.75, 3.05) is 30.3 Å². The lowest BCUT2D eigenvalue weighted by Crippen LogP contribution is -2.40. The molecule has 11 heteroatoms. The maximum Gasteiger partial charge on any atom is 0.422 e. The second-order valence-corrected chi connectivity index (χ2v) is 8.09. The van der Waals surface area contributed by atoms with Crippen LogP contribution in [0.25, 0.3) is 10.9 Å². The van der Waals surface area contributed by atoms with Crippen molar-refractivity contribution in [3.05, 3.63) is 18.2 Å². The molecule has 164 valence electrons. The van der Waals surface area contributed by atoms with Crippen LogP contribution in [0.2, 0.25) is 0 Å². The van der Waals surface area contributed by atoms with Crippen LogP contribution in [0.3, 0.4) is 0 Å². The Balaban J connectivity index is 1.81. The Kier molecular flexibility index (Phi) is 5.82. The first kappa shape index (κ1) is 21.7. The van der Waals surface area contributed by atoms with Crippen LogP contribution in [0.1, 0.15) is 27.2 Å². The molecule has 2 aromatic rings. The van der Waals surface area contributed by atoms with Gasteiger partial charge in [-0.1, -0.05) is 0 Å². The number of hydrogen-bond acceptors (Lipinski definition) is 7. The van der Waals surface area contributed by atoms with Crippen LogP contribution in [0.5, 0.6) is 6.01 Å². The predicted octanol–water partition coefficient (Wildman–Crippen LogP) is 3.26. The number of carbonyl (C=O) groups is 1. The summed E-state index contributed by atoms with van der Waals surface area (Å²) < 4.78 is 47.7. The van der Waals surface area contributed by atoms with Crippen molar-refractivity contribution in [3.63, 3.8) is 0 Å². The highest BCUT2D eigenvalue weighted by molar-refractivity contribution is 5.92. The monoisotopic (exact) mass is 427 g/mol. The molecule has 30 heavy (non-hydrogen) atoms. The molecule has 1 atom stereocenters. The van der Waals surface area contributed by atoms with E-state index in [9.17, 15) is 18.0 Å². The predicted molar refractivity (Wildman–Crippen MR) is 105 cm³/mol. The summed E-state index contributed by atoms with van der Waals surface area (Å²) >= 11 is 0. The van der Waals surface area contributed by atoms with Gasteiger partial charge in [-0.3, -0.25) is 0 Å². The molecule has 0 aliphatic carbocycles. The molecular weight excluding hydrogens is 403 g/mol. The number of halogens is 3. The van der Waals surface area contributed by atoms with E-state index in [4.69, 9.17) is 15.2 Å². The van der Waals surface area contributed by atoms with E-state index in [0.717, 1.165) is 0 Å². The van der Waals surface area contributed by atoms with E-state index in [1.54, 1.807) is 39.0 Å². The van der Waals surface area contributed by atoms with E-state index in [1.165, 1.54) is 0 Å². The zero-order chi connectivity index (χ0) is 22.1. The van der Waals surface area contributed by atoms with E-state index >= 15 is 0 Å². The third-order valence-corrected chi connectivity index (χ3v) is 4.25. The number of nitrogens with one attached hydrogen (secondary N) is 1. The van der Waals surface area contributed by atoms with Crippen molar-refractivity contribution in [1.82, 2.24) is 15.3 Å². The average molecular weight is 427 g/mol. The molecule has 0 radical (unpaired) electrons. The molecule has 8 nitrogen and oxygen atoms in total. The summed E-state index contributed by atoms with van der Waals surface area (Å²) in [6, 6.07) is 4.34. The van der Waals surface area contributed by atoms with E-state index in [2.05, 4.69) is 15.3 Å². The molecule has 1 saturated heterocycles. The number of amides is 1. The van der Waals surface area contributed by atoms with Gasteiger partial charge in [-0.05, 0) is 45.4 Å². The number of nitrogen functional groups attached to an aromatic ring is 1. The van der Waals surface area contributed by atoms with Gasteiger partial charge < -0.3 is 25.4 Å². The normalized spacial score (nSPS) is 17.3. The average Bonchev–Trinajstić information content (AvgIpc) is 3.04. The molecule has 1 aromatic heterocycles. The quantitative estimate of drug-likeness (QED) is 0.722. The molecule has 1 amide bonds. The Hall–Kier alpha value is -2.98. The van der Waals surface area contributed by atoms with Gasteiger partial charge in [0.05, 0.1) is 11.6 Å². The van der Waals surface area contributed by atoms with Gasteiger partial charge >= 0.3 is 18.3 Å². The Morgan fingerprint density at radius 3 is 2.70 bits per heavy atom. The molecule has 3 N–H and O–H groups in total. The maximum atomic E-state index is 12.5. The number of rotatable bonds is 4. The van der Waals surface area contributed by atoms with E-state index in [0.29, 0.717) is 41.9 Å². The summed E-state index contributed by atoms with van der Waals surface area (Å²) in [6.45, 7) is 4.77. The largest absolute Gasteiger partial charge is 0.454 e. The molecule has 0 unspecified atom stereocenters. The molecular formula is C19H24F3N5O3. The van der Waals surface area contributed by atoms with Crippen molar-refractivity contribution in [3.8, 4) is 6.01 Å². The number of nitrogens with zero attached hydrogens (tertiary/aromatic N) is 3. The van der Waals surface area contributed by atoms with Crippen molar-refractivity contribution in [2.45, 2.75) is 45.0 Å². The van der Waals surface area contributed by atoms with Crippen LogP contribution in [0.15, 0.2) is 18.2 Å². The van der Waals surface area contributed by atoms with E-state index in [-0.39, 0.29) is 12.1 Å². The standard InChI is InChI=1S/C19H24F3N5O3/c1-18(2,3)30-17(28)24-12-6-7-27(9-12)15-13-5-4-11(23)8-14(13)25-16(26-15)29-10-19(20,21)22/h4-5,8,12H,6-7,9-10,23H2,1-3H3,(H,24,28)/t12-/m1/s1. The second-order valence-electron chi connectivity index (χ2n) is 8.09. The first-order valence-electron chi connectivity index (χ1n) is 9.41. The van der Waals surface area contributed by atoms with Crippen molar-refractivity contribution < 1.29 is 27.4 Å². The Bertz CT molecular complexity index is 930. The van der Waals surface area contributed by atoms with Gasteiger partial charge in [0, 0.05) is 24.2 Å². The molecule has 1 aliphatic heterocycles. The molecule has 3 rings (SSSR count). The SMILES string of the molecule is CC(C)(C)OC(=O)N[C@@H]1CCN(c2nc(OCC(F)(F)F)nc3cc(N)ccc23)C1. The minimum atomic E-state index is -4.51. The molecule has 1 fully saturated rings. The summed E-state index contributed by atoms with van der Waals surface area (Å²) in [5, 5.41) is 3.43. The van der Waals surface area contributed by atoms with Crippen molar-refractivity contribution in [2.24, 2.45) is 0 Å². The fourth-order valence-electron chi connectivity index (χ4n) is 3.11. The number of anilines is 2. The van der Waals surface area contributed by atoms with Crippen LogP contribution in [-0.2, 0) is 4.74 Å². The van der Waals surface area contributed by atoms with Gasteiger partial charge in [0.1, 0.15) is 11.4 Å². The molecule has 2 heterocycles. The smallest absolute Gasteiger partial charge is 0.422 e. The fourth-order valence-corrected chi connectivity index (χ4v) is 3.11. The number of alkyl carbamates (subject to hydrolysis) is 1. The minimum Gasteiger partial charge on any atom is -0.454 e. The highest BCUT2D eigenvalue weighted by Gasteiger charge is 2.31. The van der Waals surface area contributed by atoms with Gasteiger partial charge in [0.15, 0.2) is 6.61 Å². The molecule has 1 aliphatic rings. The summed E-state index contributed by atoms with van der Waals surface area (Å²) in [5.41, 5.74) is 5.97. The van der Waals surface area contributed by atoms with Gasteiger partial charge in [0.25, 0.3) is 0 Å². The highest BCUT2D eigenvalue weighted by atomic mass is 19.4. The summed E-state index contributed by atoms with van der Waals surface area (Å²) in [7, 11) is 0. The summed E-state index contributed by atoms with van der Waals surface area (Å²) in [6.07, 6.45) is -4.41. The molecule has 0 spiro atoms. The lowest BCUT2D eigenvalue weighted by molar-refractivity contribution is -0.154. The highest BCUT2D eigenvalue weighted by Crippen LogP contribution is 2.30. The lowest BCUT2D eigenvalue weighted by atomic mass is 10.2. The first-order valence-corrected chi connectivity index (χ1v) is 9.41. The summed E-state index contributed by atoms with van der Waals surface area (Å²) in [4.78, 5) is 22.1. The van der Waals surface area contributed by atoms with Gasteiger partial charge in [-0.25, -0.2) is 4.79 Å². The number of benzene rings is 1. The molecule has 0 bridgehead atoms. The number of hydrogen-bond donors (Lipinski definition) is 2. The minimum absolute atomic E-state index is 0.196. The Morgan fingerprint density at radius 2 is 2.03 bits per heavy atom. The number of fused-ring (bicyclic) bond motifs is 1. The van der Waals surface area contributed by atoms with Gasteiger partial charge in [-0.2, -0.15) is 23.1 Å². The number of carbonyl (C=O) groups excluding carboxylic acids is 1. The number of ether oxygens (including phenoxy) is 2. The van der Waals surface area contributed by atoms with Crippen LogP contribution < -0.4 is 20.7 Å². The van der Waals surface area contributed by atoms with E-state index < -0.39 is 24.5 Å².